The van der Waals surface area contributed by atoms with Crippen LogP contribution in [0.3, 0.4) is 0 Å². The maximum absolute atomic E-state index is 15.2. The van der Waals surface area contributed by atoms with Gasteiger partial charge in [-0.3, -0.25) is 0 Å². The summed E-state index contributed by atoms with van der Waals surface area (Å²) in [6.07, 6.45) is 1.11. The number of hydrogen-bond acceptors (Lipinski definition) is 4. The van der Waals surface area contributed by atoms with Gasteiger partial charge in [0.2, 0.25) is 0 Å². The minimum atomic E-state index is -4.11. The van der Waals surface area contributed by atoms with Crippen LogP contribution in [0, 0.1) is 23.5 Å². The van der Waals surface area contributed by atoms with Crippen LogP contribution in [0.5, 0.6) is 5.75 Å². The Kier molecular flexibility index (Phi) is 4.65. The summed E-state index contributed by atoms with van der Waals surface area (Å²) in [6, 6.07) is 7.80. The van der Waals surface area contributed by atoms with E-state index >= 15 is 4.39 Å². The number of ether oxygens (including phenoxy) is 2. The average Bonchev–Trinajstić information content (AvgIpc) is 3.10. The third kappa shape index (κ3) is 2.68. The van der Waals surface area contributed by atoms with Crippen molar-refractivity contribution in [1.29, 1.82) is 0 Å². The Hall–Kier alpha value is -1.70. The van der Waals surface area contributed by atoms with Gasteiger partial charge in [0.15, 0.2) is 21.4 Å². The fraction of sp³-hybridized carbons (Fsp3) is 0.455. The zero-order valence-corrected chi connectivity index (χ0v) is 17.8. The van der Waals surface area contributed by atoms with Crippen LogP contribution >= 0.6 is 11.6 Å². The summed E-state index contributed by atoms with van der Waals surface area (Å²) < 4.78 is 68.1. The highest BCUT2D eigenvalue weighted by Gasteiger charge is 2.64. The Balaban J connectivity index is 1.78. The topological polar surface area (TPSA) is 52.6 Å². The normalized spacial score (nSPS) is 32.7. The average molecular weight is 455 g/mol. The van der Waals surface area contributed by atoms with E-state index in [2.05, 4.69) is 0 Å². The van der Waals surface area contributed by atoms with Gasteiger partial charge >= 0.3 is 0 Å². The molecule has 0 radical (unpaired) electrons. The molecule has 5 atom stereocenters. The van der Waals surface area contributed by atoms with Crippen molar-refractivity contribution in [1.82, 2.24) is 0 Å². The molecule has 5 rings (SSSR count). The molecule has 0 bridgehead atoms. The van der Waals surface area contributed by atoms with E-state index in [1.165, 1.54) is 24.3 Å². The van der Waals surface area contributed by atoms with Crippen molar-refractivity contribution < 1.29 is 26.7 Å². The fourth-order valence-corrected chi connectivity index (χ4v) is 8.21. The lowest BCUT2D eigenvalue weighted by molar-refractivity contribution is -0.0174. The van der Waals surface area contributed by atoms with Crippen molar-refractivity contribution in [2.45, 2.75) is 48.0 Å². The highest BCUT2D eigenvalue weighted by atomic mass is 35.5. The molecule has 1 saturated carbocycles. The summed E-state index contributed by atoms with van der Waals surface area (Å²) >= 11 is 5.96. The quantitative estimate of drug-likeness (QED) is 0.648. The van der Waals surface area contributed by atoms with E-state index in [0.717, 1.165) is 12.1 Å². The molecule has 4 nitrogen and oxygen atoms in total. The Bertz CT molecular complexity index is 1100. The third-order valence-electron chi connectivity index (χ3n) is 6.90. The molecule has 1 saturated heterocycles. The molecule has 160 valence electrons. The lowest BCUT2D eigenvalue weighted by atomic mass is 9.66. The van der Waals surface area contributed by atoms with Crippen molar-refractivity contribution in [2.24, 2.45) is 11.8 Å². The van der Waals surface area contributed by atoms with Crippen molar-refractivity contribution in [3.63, 3.8) is 0 Å². The first-order valence-corrected chi connectivity index (χ1v) is 11.9. The molecule has 2 aliphatic heterocycles. The molecule has 0 amide bonds. The number of halogens is 3. The Morgan fingerprint density at radius 3 is 2.53 bits per heavy atom. The van der Waals surface area contributed by atoms with Crippen LogP contribution in [0.2, 0.25) is 5.02 Å². The molecule has 3 aliphatic rings. The summed E-state index contributed by atoms with van der Waals surface area (Å²) in [6.45, 7) is 1.95. The highest BCUT2D eigenvalue weighted by Crippen LogP contribution is 2.60. The van der Waals surface area contributed by atoms with E-state index in [1.807, 2.05) is 6.92 Å². The molecule has 2 aromatic rings. The number of benzene rings is 2. The monoisotopic (exact) mass is 454 g/mol. The molecule has 0 N–H and O–H groups in total. The van der Waals surface area contributed by atoms with Crippen LogP contribution in [0.25, 0.3) is 0 Å². The summed E-state index contributed by atoms with van der Waals surface area (Å²) in [4.78, 5) is 0.0406. The molecule has 8 heteroatoms. The minimum absolute atomic E-state index is 0.00254. The van der Waals surface area contributed by atoms with Gasteiger partial charge in [0, 0.05) is 10.9 Å². The zero-order valence-electron chi connectivity index (χ0n) is 16.3. The molecular weight excluding hydrogens is 434 g/mol. The second kappa shape index (κ2) is 6.90. The lowest BCUT2D eigenvalue weighted by Gasteiger charge is -2.50. The van der Waals surface area contributed by atoms with Crippen LogP contribution in [-0.2, 0) is 19.3 Å². The van der Waals surface area contributed by atoms with Crippen LogP contribution in [0.1, 0.15) is 31.7 Å². The van der Waals surface area contributed by atoms with E-state index in [9.17, 15) is 12.8 Å². The van der Waals surface area contributed by atoms with Gasteiger partial charge in [0.25, 0.3) is 0 Å². The Labute approximate surface area is 179 Å². The van der Waals surface area contributed by atoms with Crippen molar-refractivity contribution in [3.8, 4) is 5.75 Å². The van der Waals surface area contributed by atoms with Crippen LogP contribution < -0.4 is 4.74 Å². The van der Waals surface area contributed by atoms with Gasteiger partial charge in [-0.05, 0) is 68.5 Å². The molecule has 2 aromatic carbocycles. The SMILES string of the molecule is CC1C[C@@H]2[C@@H](CC[C@@]3(S(=O)(=O)c4ccc(Cl)cc4)c4c(F)ccc(F)c4OC[C@@H]23)O1. The predicted octanol–water partition coefficient (Wildman–Crippen LogP) is 4.88. The highest BCUT2D eigenvalue weighted by molar-refractivity contribution is 7.92. The largest absolute Gasteiger partial charge is 0.490 e. The van der Waals surface area contributed by atoms with E-state index in [1.54, 1.807) is 0 Å². The van der Waals surface area contributed by atoms with Gasteiger partial charge in [-0.1, -0.05) is 11.6 Å². The predicted molar refractivity (Wildman–Crippen MR) is 107 cm³/mol. The second-order valence-corrected chi connectivity index (χ2v) is 11.1. The van der Waals surface area contributed by atoms with Gasteiger partial charge in [-0.2, -0.15) is 0 Å². The van der Waals surface area contributed by atoms with E-state index in [-0.39, 0.29) is 47.4 Å². The van der Waals surface area contributed by atoms with Crippen LogP contribution in [0.4, 0.5) is 8.78 Å². The molecule has 0 aromatic heterocycles. The Morgan fingerprint density at radius 1 is 1.10 bits per heavy atom. The number of hydrogen-bond donors (Lipinski definition) is 0. The van der Waals surface area contributed by atoms with E-state index < -0.39 is 32.1 Å². The van der Waals surface area contributed by atoms with Gasteiger partial charge in [-0.15, -0.1) is 0 Å². The standard InChI is InChI=1S/C22H21ClF2O4S/c1-12-10-15-16-11-28-21-18(25)7-6-17(24)20(21)22(16,9-8-19(15)29-12)30(26,27)14-4-2-13(23)3-5-14/h2-7,12,15-16,19H,8-11H2,1H3/t12?,15-,16-,19+,22-/m0/s1. The van der Waals surface area contributed by atoms with Gasteiger partial charge in [0.05, 0.1) is 29.3 Å². The van der Waals surface area contributed by atoms with Crippen molar-refractivity contribution in [3.05, 3.63) is 58.6 Å². The first kappa shape index (κ1) is 20.2. The number of sulfone groups is 1. The minimum Gasteiger partial charge on any atom is -0.490 e. The fourth-order valence-electron chi connectivity index (χ4n) is 5.69. The molecule has 2 heterocycles. The van der Waals surface area contributed by atoms with Gasteiger partial charge in [0.1, 0.15) is 10.6 Å². The van der Waals surface area contributed by atoms with E-state index in [4.69, 9.17) is 21.1 Å². The maximum Gasteiger partial charge on any atom is 0.188 e. The number of fused-ring (bicyclic) bond motifs is 5. The molecule has 1 unspecified atom stereocenters. The molecule has 1 aliphatic carbocycles. The maximum atomic E-state index is 15.2. The zero-order chi connectivity index (χ0) is 21.3. The number of rotatable bonds is 2. The second-order valence-electron chi connectivity index (χ2n) is 8.42. The molecule has 0 spiro atoms. The first-order valence-electron chi connectivity index (χ1n) is 10.0. The Morgan fingerprint density at radius 2 is 1.80 bits per heavy atom. The smallest absolute Gasteiger partial charge is 0.188 e. The lowest BCUT2D eigenvalue weighted by Crippen LogP contribution is -2.56. The van der Waals surface area contributed by atoms with Crippen molar-refractivity contribution in [2.75, 3.05) is 6.61 Å². The summed E-state index contributed by atoms with van der Waals surface area (Å²) in [5.74, 6) is -2.49. The van der Waals surface area contributed by atoms with Crippen LogP contribution in [-0.4, -0.2) is 27.2 Å². The summed E-state index contributed by atoms with van der Waals surface area (Å²) in [5.41, 5.74) is -0.188. The summed E-state index contributed by atoms with van der Waals surface area (Å²) in [7, 11) is -4.11. The van der Waals surface area contributed by atoms with Crippen molar-refractivity contribution >= 4 is 21.4 Å². The van der Waals surface area contributed by atoms with Gasteiger partial charge in [-0.25, -0.2) is 17.2 Å². The first-order chi connectivity index (χ1) is 14.3. The third-order valence-corrected chi connectivity index (χ3v) is 9.71. The van der Waals surface area contributed by atoms with E-state index in [0.29, 0.717) is 17.9 Å². The summed E-state index contributed by atoms with van der Waals surface area (Å²) in [5, 5.41) is 0.398. The van der Waals surface area contributed by atoms with Gasteiger partial charge < -0.3 is 9.47 Å². The van der Waals surface area contributed by atoms with Crippen LogP contribution in [0.15, 0.2) is 41.3 Å². The molecule has 2 fully saturated rings. The molecular formula is C22H21ClF2O4S. The molecule has 30 heavy (non-hydrogen) atoms.